The monoisotopic (exact) mass is 428 g/mol. The highest BCUT2D eigenvalue weighted by atomic mass is 32.1. The van der Waals surface area contributed by atoms with Gasteiger partial charge in [0.1, 0.15) is 6.10 Å². The van der Waals surface area contributed by atoms with Gasteiger partial charge in [-0.2, -0.15) is 0 Å². The standard InChI is InChI=1S/C20H20N4O5S/c25-18(8-5-13-3-6-14(7-4-13)24(27)28)23-10-9-15-17(12-23)30-20(21-15)22-19(26)16-2-1-11-29-16/h3-8,16H,1-2,9-12H2,(H,21,22,26)/b8-5+. The second kappa shape index (κ2) is 8.72. The van der Waals surface area contributed by atoms with Crippen LogP contribution in [-0.4, -0.2) is 45.9 Å². The first-order chi connectivity index (χ1) is 14.5. The van der Waals surface area contributed by atoms with E-state index in [1.54, 1.807) is 23.1 Å². The normalized spacial score (nSPS) is 18.4. The third-order valence-corrected chi connectivity index (χ3v) is 6.02. The summed E-state index contributed by atoms with van der Waals surface area (Å²) in [5, 5.41) is 14.1. The number of nitro groups is 1. The molecule has 0 radical (unpaired) electrons. The number of amides is 2. The molecule has 1 saturated heterocycles. The summed E-state index contributed by atoms with van der Waals surface area (Å²) in [5.74, 6) is -0.310. The molecule has 9 nitrogen and oxygen atoms in total. The Kier molecular flexibility index (Phi) is 5.86. The predicted octanol–water partition coefficient (Wildman–Crippen LogP) is 2.77. The molecule has 2 aliphatic rings. The van der Waals surface area contributed by atoms with Crippen LogP contribution in [0, 0.1) is 10.1 Å². The van der Waals surface area contributed by atoms with Gasteiger partial charge in [0.25, 0.3) is 11.6 Å². The van der Waals surface area contributed by atoms with Crippen molar-refractivity contribution in [1.29, 1.82) is 0 Å². The Morgan fingerprint density at radius 2 is 2.13 bits per heavy atom. The van der Waals surface area contributed by atoms with Crippen LogP contribution >= 0.6 is 11.3 Å². The van der Waals surface area contributed by atoms with Crippen LogP contribution in [0.4, 0.5) is 10.8 Å². The molecule has 2 aromatic rings. The molecule has 10 heteroatoms. The molecule has 1 unspecified atom stereocenters. The quantitative estimate of drug-likeness (QED) is 0.445. The number of fused-ring (bicyclic) bond motifs is 1. The first-order valence-corrected chi connectivity index (χ1v) is 10.4. The summed E-state index contributed by atoms with van der Waals surface area (Å²) in [5.41, 5.74) is 1.63. The van der Waals surface area contributed by atoms with E-state index in [0.29, 0.717) is 36.8 Å². The van der Waals surface area contributed by atoms with Gasteiger partial charge in [0, 0.05) is 42.7 Å². The molecule has 1 fully saturated rings. The Labute approximate surface area is 176 Å². The molecule has 4 rings (SSSR count). The van der Waals surface area contributed by atoms with Gasteiger partial charge in [0.2, 0.25) is 5.91 Å². The topological polar surface area (TPSA) is 115 Å². The van der Waals surface area contributed by atoms with E-state index in [-0.39, 0.29) is 17.5 Å². The number of rotatable bonds is 5. The van der Waals surface area contributed by atoms with Crippen LogP contribution in [0.3, 0.4) is 0 Å². The number of nitro benzene ring substituents is 1. The first-order valence-electron chi connectivity index (χ1n) is 9.62. The molecule has 1 aromatic carbocycles. The second-order valence-electron chi connectivity index (χ2n) is 7.07. The molecule has 30 heavy (non-hydrogen) atoms. The van der Waals surface area contributed by atoms with E-state index in [2.05, 4.69) is 10.3 Å². The van der Waals surface area contributed by atoms with Crippen LogP contribution in [0.1, 0.15) is 29.0 Å². The maximum atomic E-state index is 12.5. The Hall–Kier alpha value is -3.11. The molecule has 2 aliphatic heterocycles. The van der Waals surface area contributed by atoms with Gasteiger partial charge in [-0.1, -0.05) is 11.3 Å². The van der Waals surface area contributed by atoms with E-state index in [1.165, 1.54) is 29.5 Å². The van der Waals surface area contributed by atoms with Crippen molar-refractivity contribution >= 4 is 40.0 Å². The van der Waals surface area contributed by atoms with Crippen molar-refractivity contribution in [2.75, 3.05) is 18.5 Å². The predicted molar refractivity (Wildman–Crippen MR) is 111 cm³/mol. The van der Waals surface area contributed by atoms with E-state index >= 15 is 0 Å². The number of ether oxygens (including phenoxy) is 1. The van der Waals surface area contributed by atoms with E-state index in [1.807, 2.05) is 0 Å². The number of non-ortho nitro benzene ring substituents is 1. The average molecular weight is 428 g/mol. The Morgan fingerprint density at radius 1 is 1.33 bits per heavy atom. The van der Waals surface area contributed by atoms with Gasteiger partial charge < -0.3 is 9.64 Å². The fourth-order valence-corrected chi connectivity index (χ4v) is 4.41. The number of benzene rings is 1. The van der Waals surface area contributed by atoms with Gasteiger partial charge in [0.05, 0.1) is 17.2 Å². The summed E-state index contributed by atoms with van der Waals surface area (Å²) in [6.07, 6.45) is 4.93. The number of aromatic nitrogens is 1. The van der Waals surface area contributed by atoms with Gasteiger partial charge in [-0.25, -0.2) is 4.98 Å². The summed E-state index contributed by atoms with van der Waals surface area (Å²) in [7, 11) is 0. The fourth-order valence-electron chi connectivity index (χ4n) is 3.39. The minimum atomic E-state index is -0.462. The third kappa shape index (κ3) is 4.55. The highest BCUT2D eigenvalue weighted by Gasteiger charge is 2.27. The van der Waals surface area contributed by atoms with Crippen LogP contribution < -0.4 is 5.32 Å². The lowest BCUT2D eigenvalue weighted by molar-refractivity contribution is -0.384. The van der Waals surface area contributed by atoms with E-state index in [4.69, 9.17) is 4.74 Å². The third-order valence-electron chi connectivity index (χ3n) is 5.02. The lowest BCUT2D eigenvalue weighted by Gasteiger charge is -2.24. The SMILES string of the molecule is O=C(Nc1nc2c(s1)CN(C(=O)/C=C/c1ccc([N+](=O)[O-])cc1)CC2)C1CCCO1. The molecule has 1 aromatic heterocycles. The van der Waals surface area contributed by atoms with Gasteiger partial charge in [-0.15, -0.1) is 0 Å². The van der Waals surface area contributed by atoms with Crippen molar-refractivity contribution in [2.24, 2.45) is 0 Å². The number of carbonyl (C=O) groups excluding carboxylic acids is 2. The van der Waals surface area contributed by atoms with Gasteiger partial charge in [-0.3, -0.25) is 25.0 Å². The number of anilines is 1. The van der Waals surface area contributed by atoms with Crippen molar-refractivity contribution < 1.29 is 19.2 Å². The highest BCUT2D eigenvalue weighted by Crippen LogP contribution is 2.29. The molecule has 0 bridgehead atoms. The first kappa shape index (κ1) is 20.2. The molecule has 1 N–H and O–H groups in total. The molecule has 0 saturated carbocycles. The zero-order valence-electron chi connectivity index (χ0n) is 16.1. The minimum absolute atomic E-state index is 0.00891. The number of carbonyl (C=O) groups is 2. The van der Waals surface area contributed by atoms with Crippen molar-refractivity contribution in [2.45, 2.75) is 31.9 Å². The van der Waals surface area contributed by atoms with Crippen LogP contribution in [0.2, 0.25) is 0 Å². The minimum Gasteiger partial charge on any atom is -0.368 e. The van der Waals surface area contributed by atoms with Crippen molar-refractivity contribution in [3.05, 3.63) is 56.6 Å². The second-order valence-corrected chi connectivity index (χ2v) is 8.16. The van der Waals surface area contributed by atoms with E-state index in [9.17, 15) is 19.7 Å². The Bertz CT molecular complexity index is 995. The van der Waals surface area contributed by atoms with Crippen LogP contribution in [0.15, 0.2) is 30.3 Å². The molecular weight excluding hydrogens is 408 g/mol. The van der Waals surface area contributed by atoms with Crippen molar-refractivity contribution in [1.82, 2.24) is 9.88 Å². The maximum Gasteiger partial charge on any atom is 0.269 e. The van der Waals surface area contributed by atoms with Gasteiger partial charge in [-0.05, 0) is 36.6 Å². The van der Waals surface area contributed by atoms with Crippen LogP contribution in [0.25, 0.3) is 6.08 Å². The average Bonchev–Trinajstić information content (AvgIpc) is 3.41. The van der Waals surface area contributed by atoms with Crippen LogP contribution in [0.5, 0.6) is 0 Å². The molecule has 2 amide bonds. The summed E-state index contributed by atoms with van der Waals surface area (Å²) in [6.45, 7) is 1.59. The fraction of sp³-hybridized carbons (Fsp3) is 0.350. The summed E-state index contributed by atoms with van der Waals surface area (Å²) < 4.78 is 5.39. The van der Waals surface area contributed by atoms with Gasteiger partial charge >= 0.3 is 0 Å². The zero-order chi connectivity index (χ0) is 21.1. The molecule has 156 valence electrons. The van der Waals surface area contributed by atoms with Crippen molar-refractivity contribution in [3.63, 3.8) is 0 Å². The number of hydrogen-bond acceptors (Lipinski definition) is 7. The lowest BCUT2D eigenvalue weighted by Crippen LogP contribution is -2.34. The lowest BCUT2D eigenvalue weighted by atomic mass is 10.1. The Morgan fingerprint density at radius 3 is 2.83 bits per heavy atom. The number of nitrogens with zero attached hydrogens (tertiary/aromatic N) is 3. The molecule has 0 spiro atoms. The number of thiazole rings is 1. The Balaban J connectivity index is 1.36. The highest BCUT2D eigenvalue weighted by molar-refractivity contribution is 7.15. The molecule has 1 atom stereocenters. The van der Waals surface area contributed by atoms with E-state index < -0.39 is 11.0 Å². The maximum absolute atomic E-state index is 12.5. The smallest absolute Gasteiger partial charge is 0.269 e. The molecule has 0 aliphatic carbocycles. The molecule has 3 heterocycles. The number of nitrogens with one attached hydrogen (secondary N) is 1. The zero-order valence-corrected chi connectivity index (χ0v) is 16.9. The van der Waals surface area contributed by atoms with Gasteiger partial charge in [0.15, 0.2) is 5.13 Å². The van der Waals surface area contributed by atoms with Crippen LogP contribution in [-0.2, 0) is 27.3 Å². The number of hydrogen-bond donors (Lipinski definition) is 1. The largest absolute Gasteiger partial charge is 0.368 e. The molecular formula is C20H20N4O5S. The van der Waals surface area contributed by atoms with Crippen molar-refractivity contribution in [3.8, 4) is 0 Å². The van der Waals surface area contributed by atoms with E-state index in [0.717, 1.165) is 23.4 Å². The summed E-state index contributed by atoms with van der Waals surface area (Å²) in [6, 6.07) is 6.01. The summed E-state index contributed by atoms with van der Waals surface area (Å²) in [4.78, 5) is 42.2. The summed E-state index contributed by atoms with van der Waals surface area (Å²) >= 11 is 1.38.